The predicted molar refractivity (Wildman–Crippen MR) is 102 cm³/mol. The summed E-state index contributed by atoms with van der Waals surface area (Å²) < 4.78 is 0. The molecule has 0 amide bonds. The zero-order valence-electron chi connectivity index (χ0n) is 17.3. The fourth-order valence-corrected chi connectivity index (χ4v) is 1.03. The van der Waals surface area contributed by atoms with Crippen molar-refractivity contribution in [3.05, 3.63) is 35.4 Å². The Balaban J connectivity index is -0.000000155. The smallest absolute Gasteiger partial charge is 0.133 e. The number of aliphatic hydroxyl groups is 4. The number of benzene rings is 1. The van der Waals surface area contributed by atoms with E-state index in [2.05, 4.69) is 0 Å². The molecule has 1 atom stereocenters. The molecule has 0 heterocycles. The third-order valence-electron chi connectivity index (χ3n) is 1.83. The molecular formula is C19H36N2O4Ti. The van der Waals surface area contributed by atoms with Crippen molar-refractivity contribution in [2.75, 3.05) is 14.1 Å². The summed E-state index contributed by atoms with van der Waals surface area (Å²) in [5, 5.41) is 42.3. The van der Waals surface area contributed by atoms with Crippen LogP contribution in [0, 0.1) is 11.3 Å². The van der Waals surface area contributed by atoms with Gasteiger partial charge in [0.1, 0.15) is 6.23 Å². The fourth-order valence-electron chi connectivity index (χ4n) is 1.03. The van der Waals surface area contributed by atoms with Gasteiger partial charge >= 0.3 is 0 Å². The van der Waals surface area contributed by atoms with Crippen LogP contribution < -0.4 is 0 Å². The van der Waals surface area contributed by atoms with E-state index in [1.807, 2.05) is 6.07 Å². The normalized spacial score (nSPS) is 10.4. The van der Waals surface area contributed by atoms with E-state index in [1.165, 1.54) is 0 Å². The summed E-state index contributed by atoms with van der Waals surface area (Å²) in [6.07, 6.45) is -1.10. The van der Waals surface area contributed by atoms with Crippen LogP contribution in [0.15, 0.2) is 24.3 Å². The number of nitriles is 1. The summed E-state index contributed by atoms with van der Waals surface area (Å²) in [4.78, 5) is 1.70. The zero-order valence-corrected chi connectivity index (χ0v) is 18.9. The van der Waals surface area contributed by atoms with Gasteiger partial charge in [-0.3, -0.25) is 4.90 Å². The minimum Gasteiger partial charge on any atom is -0.394 e. The van der Waals surface area contributed by atoms with Crippen LogP contribution in [-0.2, 0) is 21.7 Å². The summed E-state index contributed by atoms with van der Waals surface area (Å²) >= 11 is 0. The second-order valence-corrected chi connectivity index (χ2v) is 6.35. The minimum atomic E-state index is -0.604. The van der Waals surface area contributed by atoms with Crippen LogP contribution in [-0.4, -0.2) is 57.7 Å². The zero-order chi connectivity index (χ0) is 20.6. The van der Waals surface area contributed by atoms with E-state index in [-0.39, 0.29) is 40.0 Å². The number of aliphatic hydroxyl groups excluding tert-OH is 4. The van der Waals surface area contributed by atoms with Crippen molar-refractivity contribution in [1.82, 2.24) is 4.90 Å². The van der Waals surface area contributed by atoms with Gasteiger partial charge in [0, 0.05) is 40.0 Å². The van der Waals surface area contributed by atoms with Crippen molar-refractivity contribution in [3.8, 4) is 6.07 Å². The summed E-state index contributed by atoms with van der Waals surface area (Å²) in [5.74, 6) is 0. The van der Waals surface area contributed by atoms with E-state index in [1.54, 1.807) is 84.8 Å². The van der Waals surface area contributed by atoms with Crippen molar-refractivity contribution >= 4 is 0 Å². The van der Waals surface area contributed by atoms with Crippen LogP contribution in [0.4, 0.5) is 0 Å². The molecule has 1 rings (SSSR count). The van der Waals surface area contributed by atoms with Crippen LogP contribution in [0.2, 0.25) is 0 Å². The van der Waals surface area contributed by atoms with Gasteiger partial charge in [-0.05, 0) is 73.3 Å². The summed E-state index contributed by atoms with van der Waals surface area (Å²) in [6, 6.07) is 8.93. The molecule has 6 nitrogen and oxygen atoms in total. The molecule has 26 heavy (non-hydrogen) atoms. The molecule has 0 fully saturated rings. The summed E-state index contributed by atoms with van der Waals surface area (Å²) in [7, 11) is 3.59. The van der Waals surface area contributed by atoms with E-state index in [0.717, 1.165) is 5.56 Å². The van der Waals surface area contributed by atoms with Gasteiger partial charge in [-0.1, -0.05) is 12.1 Å². The van der Waals surface area contributed by atoms with Crippen molar-refractivity contribution in [1.29, 1.82) is 5.26 Å². The van der Waals surface area contributed by atoms with Crippen LogP contribution in [0.3, 0.4) is 0 Å². The monoisotopic (exact) mass is 404 g/mol. The molecule has 0 aliphatic rings. The van der Waals surface area contributed by atoms with Gasteiger partial charge in [-0.25, -0.2) is 0 Å². The third-order valence-corrected chi connectivity index (χ3v) is 1.83. The van der Waals surface area contributed by atoms with E-state index < -0.39 is 6.23 Å². The van der Waals surface area contributed by atoms with E-state index in [0.29, 0.717) is 5.56 Å². The van der Waals surface area contributed by atoms with Gasteiger partial charge in [0.25, 0.3) is 0 Å². The maximum Gasteiger partial charge on any atom is 0.133 e. The van der Waals surface area contributed by atoms with E-state index >= 15 is 0 Å². The van der Waals surface area contributed by atoms with Crippen LogP contribution in [0.25, 0.3) is 0 Å². The maximum absolute atomic E-state index is 9.60. The standard InChI is InChI=1S/C10H12N2O.3C3H8O.Ti/c1-12(2)10(13)9-5-3-8(7-11)4-6-9;3*1-3(2)4;/h3-6,10,13H,1-2H3;3*3-4H,1-2H3;. The summed E-state index contributed by atoms with van der Waals surface area (Å²) in [5.41, 5.74) is 1.40. The van der Waals surface area contributed by atoms with Gasteiger partial charge in [0.15, 0.2) is 0 Å². The average Bonchev–Trinajstić information content (AvgIpc) is 2.44. The van der Waals surface area contributed by atoms with Crippen molar-refractivity contribution in [2.24, 2.45) is 0 Å². The Labute approximate surface area is 174 Å². The molecule has 0 radical (unpaired) electrons. The number of rotatable bonds is 2. The minimum absolute atomic E-state index is 0. The Hall–Kier alpha value is -0.776. The van der Waals surface area contributed by atoms with Crippen LogP contribution in [0.5, 0.6) is 0 Å². The maximum atomic E-state index is 9.60. The van der Waals surface area contributed by atoms with Crippen molar-refractivity contribution < 1.29 is 42.1 Å². The molecule has 0 saturated carbocycles. The molecule has 0 aromatic heterocycles. The number of hydrogen-bond acceptors (Lipinski definition) is 6. The predicted octanol–water partition coefficient (Wildman–Crippen LogP) is 2.27. The first-order valence-electron chi connectivity index (χ1n) is 8.23. The van der Waals surface area contributed by atoms with Gasteiger partial charge < -0.3 is 20.4 Å². The Bertz CT molecular complexity index is 421. The Kier molecular flexibility index (Phi) is 26.0. The Morgan fingerprint density at radius 1 is 0.769 bits per heavy atom. The average molecular weight is 404 g/mol. The van der Waals surface area contributed by atoms with Gasteiger partial charge in [0.05, 0.1) is 11.6 Å². The molecule has 4 N–H and O–H groups in total. The first-order valence-corrected chi connectivity index (χ1v) is 8.23. The van der Waals surface area contributed by atoms with Gasteiger partial charge in [0.2, 0.25) is 0 Å². The molecular weight excluding hydrogens is 368 g/mol. The first-order chi connectivity index (χ1) is 11.3. The van der Waals surface area contributed by atoms with Gasteiger partial charge in [-0.2, -0.15) is 5.26 Å². The number of hydrogen-bond donors (Lipinski definition) is 4. The quantitative estimate of drug-likeness (QED) is 0.445. The molecule has 7 heteroatoms. The molecule has 0 aliphatic carbocycles. The molecule has 0 aliphatic heterocycles. The third kappa shape index (κ3) is 31.0. The fraction of sp³-hybridized carbons (Fsp3) is 0.632. The second-order valence-electron chi connectivity index (χ2n) is 6.35. The van der Waals surface area contributed by atoms with Crippen molar-refractivity contribution in [3.63, 3.8) is 0 Å². The topological polar surface area (TPSA) is 108 Å². The summed E-state index contributed by atoms with van der Waals surface area (Å²) in [6.45, 7) is 10.3. The van der Waals surface area contributed by atoms with Crippen molar-refractivity contribution in [2.45, 2.75) is 66.1 Å². The van der Waals surface area contributed by atoms with Gasteiger partial charge in [-0.15, -0.1) is 0 Å². The molecule has 1 unspecified atom stereocenters. The van der Waals surface area contributed by atoms with E-state index in [9.17, 15) is 5.11 Å². The molecule has 150 valence electrons. The SMILES string of the molecule is CC(C)O.CC(C)O.CC(C)O.CN(C)C(O)c1ccc(C#N)cc1.[Ti]. The Morgan fingerprint density at radius 2 is 1.04 bits per heavy atom. The largest absolute Gasteiger partial charge is 0.394 e. The molecule has 0 spiro atoms. The molecule has 1 aromatic rings. The molecule has 0 bridgehead atoms. The van der Waals surface area contributed by atoms with Crippen LogP contribution in [0.1, 0.15) is 58.9 Å². The molecule has 0 saturated heterocycles. The first kappa shape index (κ1) is 32.9. The van der Waals surface area contributed by atoms with E-state index in [4.69, 9.17) is 20.6 Å². The Morgan fingerprint density at radius 3 is 1.23 bits per heavy atom. The molecule has 1 aromatic carbocycles. The number of nitrogens with zero attached hydrogens (tertiary/aromatic N) is 2. The van der Waals surface area contributed by atoms with Crippen LogP contribution >= 0.6 is 0 Å². The second kappa shape index (κ2) is 20.5.